The zero-order valence-corrected chi connectivity index (χ0v) is 17.8. The predicted octanol–water partition coefficient (Wildman–Crippen LogP) is 6.52. The van der Waals surface area contributed by atoms with Crippen LogP contribution in [0.2, 0.25) is 0 Å². The molecule has 0 radical (unpaired) electrons. The van der Waals surface area contributed by atoms with Crippen LogP contribution in [0.25, 0.3) is 11.1 Å². The number of nitrogens with zero attached hydrogens (tertiary/aromatic N) is 2. The van der Waals surface area contributed by atoms with Gasteiger partial charge in [-0.05, 0) is 47.0 Å². The predicted molar refractivity (Wildman–Crippen MR) is 112 cm³/mol. The number of carbonyl (C=O) groups excluding carboxylic acids is 1. The van der Waals surface area contributed by atoms with E-state index in [0.29, 0.717) is 41.7 Å². The van der Waals surface area contributed by atoms with Crippen molar-refractivity contribution in [1.82, 2.24) is 0 Å². The number of carbonyl (C=O) groups is 1. The molecule has 3 rings (SSSR count). The highest BCUT2D eigenvalue weighted by Gasteiger charge is 2.74. The van der Waals surface area contributed by atoms with Crippen LogP contribution in [0.1, 0.15) is 37.8 Å². The molecule has 0 saturated carbocycles. The zero-order chi connectivity index (χ0) is 24.6. The number of amides is 1. The number of hydrogen-bond acceptors (Lipinski definition) is 4. The van der Waals surface area contributed by atoms with Crippen LogP contribution in [0.5, 0.6) is 0 Å². The Morgan fingerprint density at radius 3 is 2.24 bits per heavy atom. The van der Waals surface area contributed by atoms with Crippen LogP contribution in [-0.4, -0.2) is 24.8 Å². The van der Waals surface area contributed by atoms with E-state index in [1.165, 1.54) is 13.0 Å². The third-order valence-electron chi connectivity index (χ3n) is 5.58. The number of alkyl halides is 6. The number of nitrogens with one attached hydrogen (secondary N) is 1. The lowest BCUT2D eigenvalue weighted by Gasteiger charge is -2.36. The average molecular weight is 473 g/mol. The van der Waals surface area contributed by atoms with E-state index in [9.17, 15) is 36.0 Å². The molecule has 1 aliphatic heterocycles. The second-order valence-corrected chi connectivity index (χ2v) is 7.86. The Hall–Kier alpha value is -3.11. The van der Waals surface area contributed by atoms with Gasteiger partial charge in [0.2, 0.25) is 5.91 Å². The lowest BCUT2D eigenvalue weighted by molar-refractivity contribution is -0.301. The van der Waals surface area contributed by atoms with Crippen molar-refractivity contribution in [2.24, 2.45) is 5.18 Å². The monoisotopic (exact) mass is 473 g/mol. The molecule has 0 atom stereocenters. The van der Waals surface area contributed by atoms with Gasteiger partial charge in [-0.3, -0.25) is 4.79 Å². The van der Waals surface area contributed by atoms with Crippen LogP contribution in [-0.2, 0) is 16.9 Å². The van der Waals surface area contributed by atoms with Crippen molar-refractivity contribution in [2.45, 2.75) is 51.1 Å². The Bertz CT molecular complexity index is 1050. The molecular formula is C22H21F6N3O2. The Labute approximate surface area is 185 Å². The molecule has 5 nitrogen and oxygen atoms in total. The van der Waals surface area contributed by atoms with Crippen LogP contribution < -0.4 is 10.2 Å². The van der Waals surface area contributed by atoms with Gasteiger partial charge in [0.05, 0.1) is 0 Å². The molecule has 0 aromatic heterocycles. The minimum absolute atomic E-state index is 0.0959. The van der Waals surface area contributed by atoms with E-state index < -0.39 is 23.5 Å². The average Bonchev–Trinajstić information content (AvgIpc) is 2.70. The third kappa shape index (κ3) is 4.28. The van der Waals surface area contributed by atoms with Gasteiger partial charge in [0.15, 0.2) is 0 Å². The van der Waals surface area contributed by atoms with Gasteiger partial charge in [-0.25, -0.2) is 0 Å². The lowest BCUT2D eigenvalue weighted by Crippen LogP contribution is -2.52. The minimum Gasteiger partial charge on any atom is -0.367 e. The summed E-state index contributed by atoms with van der Waals surface area (Å²) in [4.78, 5) is 24.5. The van der Waals surface area contributed by atoms with Gasteiger partial charge < -0.3 is 10.2 Å². The molecule has 2 aromatic rings. The third-order valence-corrected chi connectivity index (χ3v) is 5.58. The van der Waals surface area contributed by atoms with E-state index in [-0.39, 0.29) is 11.5 Å². The number of rotatable bonds is 6. The first-order chi connectivity index (χ1) is 15.4. The van der Waals surface area contributed by atoms with E-state index in [4.69, 9.17) is 0 Å². The molecule has 2 aromatic carbocycles. The highest BCUT2D eigenvalue weighted by atomic mass is 19.4. The summed E-state index contributed by atoms with van der Waals surface area (Å²) in [6.07, 6.45) is -10.4. The lowest BCUT2D eigenvalue weighted by atomic mass is 9.84. The maximum absolute atomic E-state index is 13.7. The largest absolute Gasteiger partial charge is 0.430 e. The number of unbranched alkanes of at least 4 members (excludes halogenated alkanes) is 1. The molecule has 0 unspecified atom stereocenters. The Morgan fingerprint density at radius 1 is 1.03 bits per heavy atom. The van der Waals surface area contributed by atoms with E-state index >= 15 is 0 Å². The van der Waals surface area contributed by atoms with Crippen LogP contribution >= 0.6 is 0 Å². The summed E-state index contributed by atoms with van der Waals surface area (Å²) in [5.41, 5.74) is -4.32. The van der Waals surface area contributed by atoms with Gasteiger partial charge in [-0.15, -0.1) is 4.91 Å². The first-order valence-electron chi connectivity index (χ1n) is 10.1. The Balaban J connectivity index is 2.27. The van der Waals surface area contributed by atoms with Crippen LogP contribution in [0.3, 0.4) is 0 Å². The molecule has 0 aliphatic carbocycles. The molecule has 0 spiro atoms. The van der Waals surface area contributed by atoms with Gasteiger partial charge in [0.25, 0.3) is 0 Å². The van der Waals surface area contributed by atoms with Crippen molar-refractivity contribution in [3.8, 4) is 11.1 Å². The van der Waals surface area contributed by atoms with Crippen LogP contribution in [0.4, 0.5) is 37.7 Å². The molecule has 1 amide bonds. The fourth-order valence-corrected chi connectivity index (χ4v) is 3.98. The number of anilines is 2. The topological polar surface area (TPSA) is 61.8 Å². The molecule has 0 bridgehead atoms. The summed E-state index contributed by atoms with van der Waals surface area (Å²) in [7, 11) is 0. The molecule has 178 valence electrons. The molecule has 1 N–H and O–H groups in total. The van der Waals surface area contributed by atoms with Crippen LogP contribution in [0, 0.1) is 4.91 Å². The number of halogens is 6. The van der Waals surface area contributed by atoms with Crippen molar-refractivity contribution < 1.29 is 31.1 Å². The summed E-state index contributed by atoms with van der Waals surface area (Å²) in [6, 6.07) is 7.30. The summed E-state index contributed by atoms with van der Waals surface area (Å²) in [5, 5.41) is 4.15. The Kier molecular flexibility index (Phi) is 6.45. The van der Waals surface area contributed by atoms with Crippen LogP contribution in [0.15, 0.2) is 41.6 Å². The van der Waals surface area contributed by atoms with Crippen molar-refractivity contribution in [2.75, 3.05) is 16.8 Å². The number of nitroso groups, excluding NO2 is 1. The molecule has 1 aliphatic rings. The molecular weight excluding hydrogens is 452 g/mol. The van der Waals surface area contributed by atoms with E-state index in [1.54, 1.807) is 17.3 Å². The normalized spacial score (nSPS) is 13.9. The first-order valence-corrected chi connectivity index (χ1v) is 10.1. The molecule has 11 heteroatoms. The van der Waals surface area contributed by atoms with E-state index in [0.717, 1.165) is 25.0 Å². The van der Waals surface area contributed by atoms with Gasteiger partial charge in [-0.1, -0.05) is 25.5 Å². The molecule has 1 heterocycles. The highest BCUT2D eigenvalue weighted by molar-refractivity contribution is 5.92. The summed E-state index contributed by atoms with van der Waals surface area (Å²) >= 11 is 0. The summed E-state index contributed by atoms with van der Waals surface area (Å²) < 4.78 is 82.0. The first kappa shape index (κ1) is 24.5. The van der Waals surface area contributed by atoms with Gasteiger partial charge >= 0.3 is 17.9 Å². The van der Waals surface area contributed by atoms with Crippen molar-refractivity contribution >= 4 is 17.3 Å². The molecule has 0 fully saturated rings. The number of hydrogen-bond donors (Lipinski definition) is 1. The highest BCUT2D eigenvalue weighted by Crippen LogP contribution is 2.54. The number of fused-ring (bicyclic) bond motifs is 3. The summed E-state index contributed by atoms with van der Waals surface area (Å²) in [6.45, 7) is 4.15. The second kappa shape index (κ2) is 8.68. The minimum atomic E-state index is -6.00. The number of benzene rings is 2. The van der Waals surface area contributed by atoms with Gasteiger partial charge in [0, 0.05) is 42.5 Å². The SMILES string of the molecule is CCCCN1Cc2ccc(NC(C)=O)cc2-c2cc(C(N=O)(C(F)(F)F)C(F)(F)F)ccc21. The zero-order valence-electron chi connectivity index (χ0n) is 17.8. The molecule has 33 heavy (non-hydrogen) atoms. The summed E-state index contributed by atoms with van der Waals surface area (Å²) in [5.74, 6) is -0.386. The second-order valence-electron chi connectivity index (χ2n) is 7.86. The standard InChI is InChI=1S/C22H21F6N3O2/c1-3-4-9-31-12-14-5-7-16(29-13(2)32)11-17(14)18-10-15(6-8-19(18)31)20(30-33,21(23,24)25)22(26,27)28/h5-8,10-11H,3-4,9,12H2,1-2H3,(H,29,32). The van der Waals surface area contributed by atoms with Crippen molar-refractivity contribution in [1.29, 1.82) is 0 Å². The van der Waals surface area contributed by atoms with E-state index in [1.807, 2.05) is 11.8 Å². The van der Waals surface area contributed by atoms with Crippen molar-refractivity contribution in [3.05, 3.63) is 52.4 Å². The fourth-order valence-electron chi connectivity index (χ4n) is 3.98. The Morgan fingerprint density at radius 2 is 1.70 bits per heavy atom. The maximum Gasteiger partial charge on any atom is 0.430 e. The fraction of sp³-hybridized carbons (Fsp3) is 0.409. The van der Waals surface area contributed by atoms with Crippen molar-refractivity contribution in [3.63, 3.8) is 0 Å². The van der Waals surface area contributed by atoms with Gasteiger partial charge in [0.1, 0.15) is 0 Å². The molecule has 0 saturated heterocycles. The smallest absolute Gasteiger partial charge is 0.367 e. The van der Waals surface area contributed by atoms with E-state index in [2.05, 4.69) is 5.32 Å². The van der Waals surface area contributed by atoms with Gasteiger partial charge in [-0.2, -0.15) is 26.3 Å². The quantitative estimate of drug-likeness (QED) is 0.384. The maximum atomic E-state index is 13.7.